The van der Waals surface area contributed by atoms with Crippen LogP contribution in [-0.4, -0.2) is 23.5 Å². The van der Waals surface area contributed by atoms with Gasteiger partial charge in [-0.3, -0.25) is 0 Å². The minimum Gasteiger partial charge on any atom is -0.384 e. The maximum atomic E-state index is 9.30. The molecular weight excluding hydrogens is 384 g/mol. The summed E-state index contributed by atoms with van der Waals surface area (Å²) >= 11 is 0. The van der Waals surface area contributed by atoms with Gasteiger partial charge in [-0.1, -0.05) is 6.92 Å². The summed E-state index contributed by atoms with van der Waals surface area (Å²) in [4.78, 5) is 0. The Hall–Kier alpha value is -1.54. The Morgan fingerprint density at radius 2 is 2.00 bits per heavy atom. The average Bonchev–Trinajstić information content (AvgIpc) is 3.32. The first-order valence-corrected chi connectivity index (χ1v) is 12.7. The normalized spacial score (nSPS) is 42.8. The first kappa shape index (κ1) is 21.3. The number of rotatable bonds is 4. The second kappa shape index (κ2) is 8.10. The van der Waals surface area contributed by atoms with Gasteiger partial charge in [-0.05, 0) is 112 Å². The van der Waals surface area contributed by atoms with Crippen LogP contribution in [0.5, 0.6) is 0 Å². The summed E-state index contributed by atoms with van der Waals surface area (Å²) < 4.78 is 7.43. The van der Waals surface area contributed by atoms with Crippen LogP contribution in [0.4, 0.5) is 5.82 Å². The van der Waals surface area contributed by atoms with Crippen molar-refractivity contribution in [3.63, 3.8) is 0 Å². The quantitative estimate of drug-likeness (QED) is 0.699. The van der Waals surface area contributed by atoms with Crippen LogP contribution >= 0.6 is 0 Å². The molecule has 0 aromatic carbocycles. The lowest BCUT2D eigenvalue weighted by Crippen LogP contribution is -2.49. The van der Waals surface area contributed by atoms with Crippen LogP contribution < -0.4 is 5.73 Å². The molecule has 1 aromatic heterocycles. The Balaban J connectivity index is 1.33. The van der Waals surface area contributed by atoms with Gasteiger partial charge in [0, 0.05) is 13.7 Å². The van der Waals surface area contributed by atoms with E-state index in [0.717, 1.165) is 42.1 Å². The van der Waals surface area contributed by atoms with Crippen LogP contribution in [-0.2, 0) is 4.74 Å². The van der Waals surface area contributed by atoms with Crippen molar-refractivity contribution in [2.45, 2.75) is 77.7 Å². The molecule has 0 spiro atoms. The summed E-state index contributed by atoms with van der Waals surface area (Å²) in [7, 11) is 1.86. The molecule has 170 valence electrons. The molecule has 4 saturated carbocycles. The number of nitriles is 1. The van der Waals surface area contributed by atoms with E-state index in [4.69, 9.17) is 10.5 Å². The first-order valence-electron chi connectivity index (χ1n) is 12.7. The topological polar surface area (TPSA) is 76.9 Å². The van der Waals surface area contributed by atoms with E-state index < -0.39 is 0 Å². The number of nitrogen functional groups attached to an aromatic ring is 1. The molecule has 4 aliphatic carbocycles. The fourth-order valence-corrected chi connectivity index (χ4v) is 9.12. The number of nitrogens with two attached hydrogens (primary N) is 1. The van der Waals surface area contributed by atoms with Crippen LogP contribution in [0.2, 0.25) is 0 Å². The molecule has 9 atom stereocenters. The molecule has 0 bridgehead atoms. The molecule has 0 saturated heterocycles. The highest BCUT2D eigenvalue weighted by Crippen LogP contribution is 2.66. The summed E-state index contributed by atoms with van der Waals surface area (Å²) in [5, 5.41) is 13.8. The molecule has 5 nitrogen and oxygen atoms in total. The Kier molecular flexibility index (Phi) is 5.57. The smallest absolute Gasteiger partial charge is 0.140 e. The van der Waals surface area contributed by atoms with Crippen molar-refractivity contribution in [1.82, 2.24) is 9.78 Å². The number of fused-ring (bicyclic) bond motifs is 5. The van der Waals surface area contributed by atoms with Crippen LogP contribution in [0.3, 0.4) is 0 Å². The number of aromatic nitrogens is 2. The van der Waals surface area contributed by atoms with Crippen LogP contribution in [0.1, 0.15) is 83.2 Å². The molecule has 5 rings (SSSR count). The first-order chi connectivity index (χ1) is 15.0. The van der Waals surface area contributed by atoms with Crippen molar-refractivity contribution in [2.75, 3.05) is 19.5 Å². The van der Waals surface area contributed by atoms with E-state index >= 15 is 0 Å². The van der Waals surface area contributed by atoms with E-state index in [-0.39, 0.29) is 6.04 Å². The molecule has 0 amide bonds. The van der Waals surface area contributed by atoms with Gasteiger partial charge >= 0.3 is 0 Å². The predicted octanol–water partition coefficient (Wildman–Crippen LogP) is 5.43. The van der Waals surface area contributed by atoms with Crippen molar-refractivity contribution >= 4 is 5.82 Å². The lowest BCUT2D eigenvalue weighted by Gasteiger charge is -2.56. The van der Waals surface area contributed by atoms with E-state index in [2.05, 4.69) is 25.0 Å². The lowest BCUT2D eigenvalue weighted by atomic mass is 9.49. The molecule has 0 radical (unpaired) electrons. The number of ether oxygens (including phenoxy) is 1. The Morgan fingerprint density at radius 1 is 1.19 bits per heavy atom. The molecule has 4 aliphatic rings. The lowest BCUT2D eigenvalue weighted by molar-refractivity contribution is -0.0764. The highest BCUT2D eigenvalue weighted by atomic mass is 16.5. The largest absolute Gasteiger partial charge is 0.384 e. The minimum atomic E-state index is 0.259. The van der Waals surface area contributed by atoms with E-state index in [1.807, 2.05) is 11.8 Å². The summed E-state index contributed by atoms with van der Waals surface area (Å²) in [6, 6.07) is 2.44. The van der Waals surface area contributed by atoms with Gasteiger partial charge in [-0.25, -0.2) is 4.68 Å². The second-order valence-electron chi connectivity index (χ2n) is 11.5. The summed E-state index contributed by atoms with van der Waals surface area (Å²) in [6.45, 7) is 5.82. The molecule has 1 aromatic rings. The van der Waals surface area contributed by atoms with E-state index in [1.54, 1.807) is 6.20 Å². The number of hydrogen-bond donors (Lipinski definition) is 1. The van der Waals surface area contributed by atoms with Crippen molar-refractivity contribution in [1.29, 1.82) is 5.26 Å². The third-order valence-electron chi connectivity index (χ3n) is 10.5. The maximum absolute atomic E-state index is 9.30. The molecule has 5 heteroatoms. The Bertz CT molecular complexity index is 843. The van der Waals surface area contributed by atoms with E-state index in [9.17, 15) is 5.26 Å². The predicted molar refractivity (Wildman–Crippen MR) is 122 cm³/mol. The van der Waals surface area contributed by atoms with Gasteiger partial charge < -0.3 is 10.5 Å². The van der Waals surface area contributed by atoms with E-state index in [0.29, 0.717) is 22.7 Å². The molecular formula is C26H40N4O. The monoisotopic (exact) mass is 424 g/mol. The third-order valence-corrected chi connectivity index (χ3v) is 10.5. The van der Waals surface area contributed by atoms with Crippen LogP contribution in [0, 0.1) is 58.2 Å². The van der Waals surface area contributed by atoms with Crippen molar-refractivity contribution in [3.8, 4) is 6.07 Å². The number of nitrogens with zero attached hydrogens (tertiary/aromatic N) is 3. The fraction of sp³-hybridized carbons (Fsp3) is 0.846. The van der Waals surface area contributed by atoms with Crippen molar-refractivity contribution in [3.05, 3.63) is 11.8 Å². The van der Waals surface area contributed by atoms with E-state index in [1.165, 1.54) is 57.8 Å². The Morgan fingerprint density at radius 3 is 2.74 bits per heavy atom. The highest BCUT2D eigenvalue weighted by molar-refractivity contribution is 5.47. The number of hydrogen-bond acceptors (Lipinski definition) is 4. The van der Waals surface area contributed by atoms with Gasteiger partial charge in [-0.15, -0.1) is 0 Å². The zero-order valence-electron chi connectivity index (χ0n) is 19.6. The SMILES string of the molecule is COCC1CCC2C(CCC3C2CCC2(C)C3CCC2C(C)n2ncc(C#N)c2N)C1. The van der Waals surface area contributed by atoms with Gasteiger partial charge in [0.25, 0.3) is 0 Å². The van der Waals surface area contributed by atoms with Gasteiger partial charge in [0.05, 0.1) is 12.2 Å². The summed E-state index contributed by atoms with van der Waals surface area (Å²) in [5.74, 6) is 6.58. The molecule has 9 unspecified atom stereocenters. The third kappa shape index (κ3) is 3.32. The zero-order valence-corrected chi connectivity index (χ0v) is 19.6. The zero-order chi connectivity index (χ0) is 21.8. The number of methoxy groups -OCH3 is 1. The van der Waals surface area contributed by atoms with Crippen LogP contribution in [0.25, 0.3) is 0 Å². The van der Waals surface area contributed by atoms with Crippen LogP contribution in [0.15, 0.2) is 6.20 Å². The molecule has 0 aliphatic heterocycles. The van der Waals surface area contributed by atoms with Crippen molar-refractivity contribution < 1.29 is 4.74 Å². The number of anilines is 1. The average molecular weight is 425 g/mol. The molecule has 1 heterocycles. The second-order valence-corrected chi connectivity index (χ2v) is 11.5. The highest BCUT2D eigenvalue weighted by Gasteiger charge is 2.58. The molecule has 2 N–H and O–H groups in total. The molecule has 31 heavy (non-hydrogen) atoms. The fourth-order valence-electron chi connectivity index (χ4n) is 9.12. The standard InChI is InChI=1S/C26H40N4O/c1-16(30-25(28)19(13-27)14-29-30)23-8-9-24-22-7-5-18-12-17(15-31-3)4-6-20(18)21(22)10-11-26(23,24)2/h14,16-18,20-24H,4-12,15,28H2,1-3H3. The van der Waals surface area contributed by atoms with Gasteiger partial charge in [0.2, 0.25) is 0 Å². The Labute approximate surface area is 187 Å². The maximum Gasteiger partial charge on any atom is 0.140 e. The summed E-state index contributed by atoms with van der Waals surface area (Å²) in [6.07, 6.45) is 14.1. The van der Waals surface area contributed by atoms with Gasteiger partial charge in [0.1, 0.15) is 17.5 Å². The summed E-state index contributed by atoms with van der Waals surface area (Å²) in [5.41, 5.74) is 7.17. The molecule has 4 fully saturated rings. The van der Waals surface area contributed by atoms with Gasteiger partial charge in [0.15, 0.2) is 0 Å². The minimum absolute atomic E-state index is 0.259. The van der Waals surface area contributed by atoms with Crippen molar-refractivity contribution in [2.24, 2.45) is 46.8 Å². The van der Waals surface area contributed by atoms with Gasteiger partial charge in [-0.2, -0.15) is 10.4 Å².